The Balaban J connectivity index is 4.26. The van der Waals surface area contributed by atoms with E-state index in [1.807, 2.05) is 21.1 Å². The van der Waals surface area contributed by atoms with E-state index >= 15 is 0 Å². The molecule has 0 saturated heterocycles. The second kappa shape index (κ2) is 36.6. The highest BCUT2D eigenvalue weighted by Gasteiger charge is 2.28. The molecule has 0 radical (unpaired) electrons. The molecule has 9 heteroatoms. The molecular formula is C44H88N2O6P+. The summed E-state index contributed by atoms with van der Waals surface area (Å²) in [4.78, 5) is 23.1. The fourth-order valence-corrected chi connectivity index (χ4v) is 7.11. The average molecular weight is 772 g/mol. The van der Waals surface area contributed by atoms with Gasteiger partial charge < -0.3 is 19.8 Å². The first-order valence-electron chi connectivity index (χ1n) is 22.2. The molecule has 0 aliphatic carbocycles. The van der Waals surface area contributed by atoms with Crippen molar-refractivity contribution in [2.75, 3.05) is 40.9 Å². The van der Waals surface area contributed by atoms with Gasteiger partial charge in [0.15, 0.2) is 0 Å². The van der Waals surface area contributed by atoms with Gasteiger partial charge in [0.1, 0.15) is 13.2 Å². The first-order chi connectivity index (χ1) is 25.5. The number of aliphatic hydroxyl groups is 1. The van der Waals surface area contributed by atoms with Gasteiger partial charge in [0.05, 0.1) is 39.9 Å². The van der Waals surface area contributed by atoms with Crippen LogP contribution in [0.2, 0.25) is 0 Å². The van der Waals surface area contributed by atoms with Crippen LogP contribution < -0.4 is 5.32 Å². The number of aliphatic hydroxyl groups excluding tert-OH is 1. The number of hydrogen-bond acceptors (Lipinski definition) is 5. The molecule has 0 aromatic rings. The summed E-state index contributed by atoms with van der Waals surface area (Å²) in [6.07, 6.45) is 42.0. The van der Waals surface area contributed by atoms with Gasteiger partial charge >= 0.3 is 7.82 Å². The van der Waals surface area contributed by atoms with Crippen molar-refractivity contribution >= 4 is 13.7 Å². The molecule has 0 aliphatic heterocycles. The molecule has 314 valence electrons. The van der Waals surface area contributed by atoms with Gasteiger partial charge in [-0.25, -0.2) is 4.57 Å². The third kappa shape index (κ3) is 39.0. The molecule has 53 heavy (non-hydrogen) atoms. The van der Waals surface area contributed by atoms with Crippen molar-refractivity contribution in [1.29, 1.82) is 0 Å². The van der Waals surface area contributed by atoms with E-state index in [9.17, 15) is 19.4 Å². The van der Waals surface area contributed by atoms with Crippen LogP contribution in [0.3, 0.4) is 0 Å². The molecule has 0 fully saturated rings. The van der Waals surface area contributed by atoms with Gasteiger partial charge in [0.25, 0.3) is 0 Å². The summed E-state index contributed by atoms with van der Waals surface area (Å²) < 4.78 is 23.6. The van der Waals surface area contributed by atoms with Crippen LogP contribution in [0.15, 0.2) is 24.3 Å². The van der Waals surface area contributed by atoms with Crippen LogP contribution in [0.1, 0.15) is 200 Å². The van der Waals surface area contributed by atoms with Gasteiger partial charge in [-0.05, 0) is 44.9 Å². The quantitative estimate of drug-likeness (QED) is 0.0248. The molecule has 0 rings (SSSR count). The number of likely N-dealkylation sites (N-methyl/N-ethyl adjacent to an activating group) is 1. The van der Waals surface area contributed by atoms with Gasteiger partial charge in [0.2, 0.25) is 5.91 Å². The lowest BCUT2D eigenvalue weighted by molar-refractivity contribution is -0.870. The Morgan fingerprint density at radius 2 is 1.08 bits per heavy atom. The Morgan fingerprint density at radius 3 is 1.55 bits per heavy atom. The number of quaternary nitrogens is 1. The number of amides is 1. The van der Waals surface area contributed by atoms with Gasteiger partial charge in [-0.1, -0.05) is 173 Å². The normalized spacial score (nSPS) is 14.6. The molecule has 0 aromatic heterocycles. The summed E-state index contributed by atoms with van der Waals surface area (Å²) >= 11 is 0. The van der Waals surface area contributed by atoms with E-state index in [2.05, 4.69) is 43.5 Å². The molecule has 3 N–H and O–H groups in total. The van der Waals surface area contributed by atoms with E-state index in [-0.39, 0.29) is 19.1 Å². The van der Waals surface area contributed by atoms with Crippen LogP contribution in [-0.2, 0) is 18.4 Å². The minimum absolute atomic E-state index is 0.0741. The number of carbonyl (C=O) groups is 1. The number of nitrogens with zero attached hydrogens (tertiary/aromatic N) is 1. The standard InChI is InChI=1S/C44H87N2O6P/c1-6-8-10-12-14-16-18-19-20-21-22-23-24-25-26-27-28-30-32-34-36-38-44(48)45-42(41-52-53(49,50)51-40-39-46(3,4)5)43(47)37-35-33-31-29-17-15-13-11-9-7-2/h18-19,21-22,42-43,47H,6-17,20,23-41H2,1-5H3,(H-,45,48,49,50)/p+1/b19-18-,22-21-. The Bertz CT molecular complexity index is 922. The number of phosphoric ester groups is 1. The first-order valence-corrected chi connectivity index (χ1v) is 23.7. The highest BCUT2D eigenvalue weighted by atomic mass is 31.2. The average Bonchev–Trinajstić information content (AvgIpc) is 3.10. The molecule has 1 amide bonds. The van der Waals surface area contributed by atoms with E-state index in [1.54, 1.807) is 0 Å². The van der Waals surface area contributed by atoms with Gasteiger partial charge in [-0.15, -0.1) is 0 Å². The SMILES string of the molecule is CCCCCCC/C=C\C/C=C\CCCCCCCCCCCC(=O)NC(COP(=O)(O)OCC[N+](C)(C)C)C(O)CCCCCCCCCCCC. The lowest BCUT2D eigenvalue weighted by Crippen LogP contribution is -2.46. The van der Waals surface area contributed by atoms with E-state index in [0.29, 0.717) is 23.9 Å². The second-order valence-corrected chi connectivity index (χ2v) is 17.9. The Hall–Kier alpha value is -1.02. The topological polar surface area (TPSA) is 105 Å². The maximum atomic E-state index is 12.9. The number of hydrogen-bond donors (Lipinski definition) is 3. The van der Waals surface area contributed by atoms with Crippen molar-refractivity contribution in [3.8, 4) is 0 Å². The maximum Gasteiger partial charge on any atom is 0.472 e. The molecule has 0 saturated carbocycles. The predicted molar refractivity (Wildman–Crippen MR) is 226 cm³/mol. The van der Waals surface area contributed by atoms with Gasteiger partial charge in [-0.2, -0.15) is 0 Å². The number of carbonyl (C=O) groups excluding carboxylic acids is 1. The van der Waals surface area contributed by atoms with E-state index in [1.165, 1.54) is 128 Å². The molecule has 0 heterocycles. The highest BCUT2D eigenvalue weighted by molar-refractivity contribution is 7.47. The second-order valence-electron chi connectivity index (χ2n) is 16.4. The van der Waals surface area contributed by atoms with Crippen molar-refractivity contribution in [3.05, 3.63) is 24.3 Å². The molecular weight excluding hydrogens is 683 g/mol. The zero-order valence-electron chi connectivity index (χ0n) is 35.5. The van der Waals surface area contributed by atoms with Crippen LogP contribution in [-0.4, -0.2) is 73.4 Å². The number of nitrogens with one attached hydrogen (secondary N) is 1. The summed E-state index contributed by atoms with van der Waals surface area (Å²) in [5, 5.41) is 13.9. The lowest BCUT2D eigenvalue weighted by atomic mass is 10.0. The summed E-state index contributed by atoms with van der Waals surface area (Å²) in [6, 6.07) is -0.759. The molecule has 0 spiro atoms. The molecule has 8 nitrogen and oxygen atoms in total. The van der Waals surface area contributed by atoms with Crippen LogP contribution in [0, 0.1) is 0 Å². The fraction of sp³-hybridized carbons (Fsp3) is 0.886. The van der Waals surface area contributed by atoms with Crippen LogP contribution in [0.5, 0.6) is 0 Å². The molecule has 3 unspecified atom stereocenters. The zero-order valence-corrected chi connectivity index (χ0v) is 36.4. The summed E-state index contributed by atoms with van der Waals surface area (Å²) in [5.74, 6) is -0.151. The Kier molecular flexibility index (Phi) is 35.9. The molecule has 0 aliphatic rings. The number of unbranched alkanes of at least 4 members (excludes halogenated alkanes) is 23. The van der Waals surface area contributed by atoms with E-state index < -0.39 is 20.0 Å². The summed E-state index contributed by atoms with van der Waals surface area (Å²) in [5.41, 5.74) is 0. The summed E-state index contributed by atoms with van der Waals surface area (Å²) in [7, 11) is 1.61. The number of rotatable bonds is 40. The van der Waals surface area contributed by atoms with Crippen LogP contribution in [0.25, 0.3) is 0 Å². The van der Waals surface area contributed by atoms with Crippen LogP contribution in [0.4, 0.5) is 0 Å². The van der Waals surface area contributed by atoms with Crippen LogP contribution >= 0.6 is 7.82 Å². The largest absolute Gasteiger partial charge is 0.472 e. The van der Waals surface area contributed by atoms with Gasteiger partial charge in [-0.3, -0.25) is 13.8 Å². The maximum absolute atomic E-state index is 12.9. The monoisotopic (exact) mass is 772 g/mol. The molecule has 3 atom stereocenters. The van der Waals surface area contributed by atoms with E-state index in [4.69, 9.17) is 9.05 Å². The summed E-state index contributed by atoms with van der Waals surface area (Å²) in [6.45, 7) is 4.85. The predicted octanol–water partition coefficient (Wildman–Crippen LogP) is 12.1. The first kappa shape index (κ1) is 52.0. The molecule has 0 bridgehead atoms. The third-order valence-electron chi connectivity index (χ3n) is 9.95. The fourth-order valence-electron chi connectivity index (χ4n) is 6.37. The minimum Gasteiger partial charge on any atom is -0.391 e. The Labute approximate surface area is 328 Å². The lowest BCUT2D eigenvalue weighted by Gasteiger charge is -2.26. The zero-order chi connectivity index (χ0) is 39.3. The van der Waals surface area contributed by atoms with Crippen molar-refractivity contribution < 1.29 is 32.9 Å². The van der Waals surface area contributed by atoms with Crippen molar-refractivity contribution in [2.45, 2.75) is 212 Å². The Morgan fingerprint density at radius 1 is 0.642 bits per heavy atom. The highest BCUT2D eigenvalue weighted by Crippen LogP contribution is 2.43. The number of phosphoric acid groups is 1. The molecule has 0 aromatic carbocycles. The van der Waals surface area contributed by atoms with Gasteiger partial charge in [0, 0.05) is 6.42 Å². The van der Waals surface area contributed by atoms with Crippen molar-refractivity contribution in [1.82, 2.24) is 5.32 Å². The smallest absolute Gasteiger partial charge is 0.391 e. The van der Waals surface area contributed by atoms with E-state index in [0.717, 1.165) is 44.9 Å². The third-order valence-corrected chi connectivity index (χ3v) is 10.9. The van der Waals surface area contributed by atoms with Crippen molar-refractivity contribution in [2.24, 2.45) is 0 Å². The minimum atomic E-state index is -4.31. The number of allylic oxidation sites excluding steroid dienone is 4. The van der Waals surface area contributed by atoms with Crippen molar-refractivity contribution in [3.63, 3.8) is 0 Å².